The number of rotatable bonds is 4. The van der Waals surface area contributed by atoms with E-state index in [-0.39, 0.29) is 0 Å². The average molecular weight is 319 g/mol. The highest BCUT2D eigenvalue weighted by molar-refractivity contribution is 6.90. The molecule has 0 aromatic heterocycles. The summed E-state index contributed by atoms with van der Waals surface area (Å²) in [5.41, 5.74) is 6.63. The third-order valence-electron chi connectivity index (χ3n) is 4.40. The molecule has 114 valence electrons. The minimum absolute atomic E-state index is 0.647. The van der Waals surface area contributed by atoms with Gasteiger partial charge < -0.3 is 0 Å². The van der Waals surface area contributed by atoms with Crippen LogP contribution in [0.25, 0.3) is 5.03 Å². The van der Waals surface area contributed by atoms with Gasteiger partial charge >= 0.3 is 0 Å². The van der Waals surface area contributed by atoms with Crippen molar-refractivity contribution >= 4 is 24.7 Å². The summed E-state index contributed by atoms with van der Waals surface area (Å²) < 4.78 is 0. The quantitative estimate of drug-likeness (QED) is 0.440. The minimum Gasteiger partial charge on any atom is -0.126 e. The molecule has 0 heterocycles. The first kappa shape index (κ1) is 18.1. The van der Waals surface area contributed by atoms with Crippen LogP contribution in [-0.2, 0) is 0 Å². The lowest BCUT2D eigenvalue weighted by Gasteiger charge is -2.38. The molecule has 0 radical (unpaired) electrons. The van der Waals surface area contributed by atoms with Gasteiger partial charge in [0.15, 0.2) is 0 Å². The van der Waals surface area contributed by atoms with Crippen LogP contribution in [0.15, 0.2) is 36.4 Å². The molecule has 0 N–H and O–H groups in total. The van der Waals surface area contributed by atoms with Gasteiger partial charge in [-0.05, 0) is 22.2 Å². The maximum atomic E-state index is 6.35. The zero-order chi connectivity index (χ0) is 16.0. The fourth-order valence-corrected chi connectivity index (χ4v) is 8.71. The molecular weight excluding hydrogens is 292 g/mol. The van der Waals surface area contributed by atoms with Crippen molar-refractivity contribution in [1.29, 1.82) is 0 Å². The van der Waals surface area contributed by atoms with Crippen molar-refractivity contribution in [3.63, 3.8) is 0 Å². The normalized spacial score (nSPS) is 12.8. The Bertz CT molecular complexity index is 508. The summed E-state index contributed by atoms with van der Waals surface area (Å²) in [6, 6.07) is 10.0. The van der Waals surface area contributed by atoms with E-state index in [0.29, 0.717) is 16.6 Å². The molecule has 1 rings (SSSR count). The van der Waals surface area contributed by atoms with Gasteiger partial charge in [-0.1, -0.05) is 89.4 Å². The Morgan fingerprint density at radius 1 is 0.952 bits per heavy atom. The van der Waals surface area contributed by atoms with Crippen molar-refractivity contribution in [1.82, 2.24) is 0 Å². The van der Waals surface area contributed by atoms with Crippen LogP contribution < -0.4 is 0 Å². The van der Waals surface area contributed by atoms with Crippen LogP contribution >= 0.6 is 11.6 Å². The summed E-state index contributed by atoms with van der Waals surface area (Å²) in [5, 5.41) is 0.724. The fraction of sp³-hybridized carbons (Fsp3) is 0.474. The van der Waals surface area contributed by atoms with E-state index in [4.69, 9.17) is 11.6 Å². The Morgan fingerprint density at radius 2 is 1.43 bits per heavy atom. The van der Waals surface area contributed by atoms with E-state index in [9.17, 15) is 0 Å². The molecule has 1 aromatic rings. The summed E-state index contributed by atoms with van der Waals surface area (Å²) >= 11 is 6.35. The Kier molecular flexibility index (Phi) is 6.78. The Hall–Kier alpha value is -0.973. The standard InChI is InChI=1S/C19H27ClSi/c1-15(2)21(16(3)4,17(5)6)14-10-13-19(20)18-11-8-7-9-12-18/h7-9,11-13,15-17H,1-6H3/b19-13-. The van der Waals surface area contributed by atoms with E-state index in [1.54, 1.807) is 0 Å². The molecule has 0 spiro atoms. The highest BCUT2D eigenvalue weighted by atomic mass is 35.5. The Morgan fingerprint density at radius 3 is 1.86 bits per heavy atom. The maximum absolute atomic E-state index is 6.35. The Balaban J connectivity index is 3.12. The highest BCUT2D eigenvalue weighted by Gasteiger charge is 2.41. The van der Waals surface area contributed by atoms with E-state index in [1.165, 1.54) is 0 Å². The predicted octanol–water partition coefficient (Wildman–Crippen LogP) is 6.49. The second-order valence-electron chi connectivity index (χ2n) is 6.52. The molecule has 0 nitrogen and oxygen atoms in total. The first-order valence-electron chi connectivity index (χ1n) is 7.76. The molecule has 0 aliphatic carbocycles. The van der Waals surface area contributed by atoms with Crippen LogP contribution in [-0.4, -0.2) is 8.07 Å². The molecule has 0 saturated carbocycles. The van der Waals surface area contributed by atoms with Crippen LogP contribution in [0.5, 0.6) is 0 Å². The monoisotopic (exact) mass is 318 g/mol. The van der Waals surface area contributed by atoms with E-state index in [0.717, 1.165) is 10.6 Å². The number of halogens is 1. The molecule has 0 aliphatic rings. The van der Waals surface area contributed by atoms with Crippen LogP contribution in [0.4, 0.5) is 0 Å². The molecule has 2 heteroatoms. The van der Waals surface area contributed by atoms with E-state index in [2.05, 4.69) is 53.0 Å². The first-order chi connectivity index (χ1) is 9.82. The van der Waals surface area contributed by atoms with Gasteiger partial charge in [0.2, 0.25) is 0 Å². The van der Waals surface area contributed by atoms with Crippen LogP contribution in [0.2, 0.25) is 16.6 Å². The van der Waals surface area contributed by atoms with Gasteiger partial charge in [-0.3, -0.25) is 0 Å². The topological polar surface area (TPSA) is 0 Å². The van der Waals surface area contributed by atoms with Crippen molar-refractivity contribution in [3.8, 4) is 11.5 Å². The third kappa shape index (κ3) is 4.25. The molecule has 0 atom stereocenters. The molecule has 21 heavy (non-hydrogen) atoms. The maximum Gasteiger partial charge on any atom is 0.146 e. The van der Waals surface area contributed by atoms with Crippen LogP contribution in [0.3, 0.4) is 0 Å². The summed E-state index contributed by atoms with van der Waals surface area (Å²) in [5.74, 6) is 3.29. The van der Waals surface area contributed by atoms with Crippen molar-refractivity contribution in [2.45, 2.75) is 58.2 Å². The van der Waals surface area contributed by atoms with Crippen molar-refractivity contribution < 1.29 is 0 Å². The van der Waals surface area contributed by atoms with Gasteiger partial charge in [0.1, 0.15) is 8.07 Å². The summed E-state index contributed by atoms with van der Waals surface area (Å²) in [6.07, 6.45) is 1.87. The predicted molar refractivity (Wildman–Crippen MR) is 99.1 cm³/mol. The smallest absolute Gasteiger partial charge is 0.126 e. The largest absolute Gasteiger partial charge is 0.146 e. The number of hydrogen-bond acceptors (Lipinski definition) is 0. The van der Waals surface area contributed by atoms with Crippen LogP contribution in [0.1, 0.15) is 47.1 Å². The molecule has 0 aliphatic heterocycles. The molecule has 0 bridgehead atoms. The van der Waals surface area contributed by atoms with Crippen molar-refractivity contribution in [2.75, 3.05) is 0 Å². The zero-order valence-electron chi connectivity index (χ0n) is 14.1. The average Bonchev–Trinajstić information content (AvgIpc) is 2.43. The first-order valence-corrected chi connectivity index (χ1v) is 10.4. The lowest BCUT2D eigenvalue weighted by Crippen LogP contribution is -2.43. The molecule has 1 aromatic carbocycles. The summed E-state index contributed by atoms with van der Waals surface area (Å²) in [6.45, 7) is 13.9. The second-order valence-corrected chi connectivity index (χ2v) is 12.5. The van der Waals surface area contributed by atoms with Gasteiger partial charge in [0, 0.05) is 6.08 Å². The van der Waals surface area contributed by atoms with Crippen LogP contribution in [0, 0.1) is 11.5 Å². The minimum atomic E-state index is -1.66. The summed E-state index contributed by atoms with van der Waals surface area (Å²) in [7, 11) is -1.66. The van der Waals surface area contributed by atoms with Gasteiger partial charge in [-0.25, -0.2) is 0 Å². The zero-order valence-corrected chi connectivity index (χ0v) is 15.8. The third-order valence-corrected chi connectivity index (χ3v) is 11.0. The molecule has 0 amide bonds. The molecule has 0 unspecified atom stereocenters. The molecular formula is C19H27ClSi. The highest BCUT2D eigenvalue weighted by Crippen LogP contribution is 2.40. The number of allylic oxidation sites excluding steroid dienone is 1. The lowest BCUT2D eigenvalue weighted by atomic mass is 10.2. The number of benzene rings is 1. The van der Waals surface area contributed by atoms with Gasteiger partial charge in [0.25, 0.3) is 0 Å². The fourth-order valence-electron chi connectivity index (χ4n) is 3.34. The van der Waals surface area contributed by atoms with E-state index < -0.39 is 8.07 Å². The second kappa shape index (κ2) is 7.87. The SMILES string of the molecule is CC(C)[Si](C#C/C=C(\Cl)c1ccccc1)(C(C)C)C(C)C. The van der Waals surface area contributed by atoms with E-state index in [1.807, 2.05) is 36.4 Å². The Labute approximate surface area is 136 Å². The van der Waals surface area contributed by atoms with Crippen molar-refractivity contribution in [3.05, 3.63) is 42.0 Å². The van der Waals surface area contributed by atoms with Gasteiger partial charge in [-0.2, -0.15) is 0 Å². The molecule has 0 fully saturated rings. The number of hydrogen-bond donors (Lipinski definition) is 0. The van der Waals surface area contributed by atoms with E-state index >= 15 is 0 Å². The summed E-state index contributed by atoms with van der Waals surface area (Å²) in [4.78, 5) is 0. The molecule has 0 saturated heterocycles. The van der Waals surface area contributed by atoms with Gasteiger partial charge in [0.05, 0.1) is 5.03 Å². The van der Waals surface area contributed by atoms with Crippen molar-refractivity contribution in [2.24, 2.45) is 0 Å². The lowest BCUT2D eigenvalue weighted by molar-refractivity contribution is 0.838. The van der Waals surface area contributed by atoms with Gasteiger partial charge in [-0.15, -0.1) is 5.54 Å².